The standard InChI is InChI=1S/C29H30N6O2S2/c1-38-28-24(18-30)26(20-5-3-11-31-19-20)27(39-28)25-8-12-32-29(34-25)33-21-6-2-7-23(17-21)37-16-4-13-35-14-9-22(36)10-15-35/h2-3,5-8,11-12,17,19,22,36H,4,9-10,13-16H2,1H3,(H,32,33,34). The molecule has 200 valence electrons. The summed E-state index contributed by atoms with van der Waals surface area (Å²) in [6, 6.07) is 15.9. The second-order valence-corrected chi connectivity index (χ2v) is 11.3. The van der Waals surface area contributed by atoms with Crippen LogP contribution in [-0.4, -0.2) is 63.6 Å². The smallest absolute Gasteiger partial charge is 0.227 e. The SMILES string of the molecule is CSc1sc(-c2ccnc(Nc3cccc(OCCCN4CCC(O)CC4)c3)n2)c(-c2cccnc2)c1C#N. The van der Waals surface area contributed by atoms with Gasteiger partial charge in [0.1, 0.15) is 11.8 Å². The number of nitrogens with zero attached hydrogens (tertiary/aromatic N) is 5. The molecule has 2 N–H and O–H groups in total. The van der Waals surface area contributed by atoms with Crippen molar-refractivity contribution in [3.8, 4) is 33.5 Å². The summed E-state index contributed by atoms with van der Waals surface area (Å²) in [6.07, 6.45) is 9.70. The van der Waals surface area contributed by atoms with Gasteiger partial charge in [0, 0.05) is 61.1 Å². The van der Waals surface area contributed by atoms with E-state index in [0.717, 1.165) is 76.2 Å². The minimum Gasteiger partial charge on any atom is -0.493 e. The van der Waals surface area contributed by atoms with Crippen molar-refractivity contribution in [3.05, 3.63) is 66.6 Å². The number of hydrogen-bond donors (Lipinski definition) is 2. The molecule has 1 aliphatic heterocycles. The molecular weight excluding hydrogens is 528 g/mol. The number of benzene rings is 1. The number of nitriles is 1. The molecule has 1 saturated heterocycles. The van der Waals surface area contributed by atoms with Crippen LogP contribution in [0.3, 0.4) is 0 Å². The number of nitrogens with one attached hydrogen (secondary N) is 1. The summed E-state index contributed by atoms with van der Waals surface area (Å²) in [6.45, 7) is 3.50. The van der Waals surface area contributed by atoms with Crippen LogP contribution < -0.4 is 10.1 Å². The number of likely N-dealkylation sites (tertiary alicyclic amines) is 1. The second kappa shape index (κ2) is 13.0. The first kappa shape index (κ1) is 27.1. The van der Waals surface area contributed by atoms with Gasteiger partial charge in [-0.2, -0.15) is 5.26 Å². The molecule has 0 aliphatic carbocycles. The van der Waals surface area contributed by atoms with Crippen molar-refractivity contribution in [2.24, 2.45) is 0 Å². The van der Waals surface area contributed by atoms with Crippen molar-refractivity contribution >= 4 is 34.7 Å². The molecule has 0 unspecified atom stereocenters. The number of aromatic nitrogens is 3. The van der Waals surface area contributed by atoms with Crippen molar-refractivity contribution in [1.82, 2.24) is 19.9 Å². The Bertz CT molecular complexity index is 1430. The molecule has 0 amide bonds. The fourth-order valence-electron chi connectivity index (χ4n) is 4.58. The molecule has 8 nitrogen and oxygen atoms in total. The summed E-state index contributed by atoms with van der Waals surface area (Å²) in [5, 5.41) is 22.9. The van der Waals surface area contributed by atoms with Gasteiger partial charge in [0.2, 0.25) is 5.95 Å². The zero-order valence-corrected chi connectivity index (χ0v) is 23.3. The predicted molar refractivity (Wildman–Crippen MR) is 157 cm³/mol. The molecular formula is C29H30N6O2S2. The molecule has 5 rings (SSSR count). The second-order valence-electron chi connectivity index (χ2n) is 9.22. The van der Waals surface area contributed by atoms with Crippen LogP contribution in [0.25, 0.3) is 21.7 Å². The Kier molecular flexibility index (Phi) is 9.06. The average Bonchev–Trinajstić information content (AvgIpc) is 3.36. The third-order valence-corrected chi connectivity index (χ3v) is 8.88. The molecule has 0 saturated carbocycles. The largest absolute Gasteiger partial charge is 0.493 e. The number of hydrogen-bond acceptors (Lipinski definition) is 10. The molecule has 10 heteroatoms. The Labute approximate surface area is 236 Å². The Morgan fingerprint density at radius 3 is 2.85 bits per heavy atom. The van der Waals surface area contributed by atoms with E-state index >= 15 is 0 Å². The molecule has 0 bridgehead atoms. The molecule has 1 fully saturated rings. The van der Waals surface area contributed by atoms with Gasteiger partial charge >= 0.3 is 0 Å². The lowest BCUT2D eigenvalue weighted by atomic mass is 10.0. The average molecular weight is 559 g/mol. The topological polar surface area (TPSA) is 107 Å². The minimum absolute atomic E-state index is 0.145. The van der Waals surface area contributed by atoms with Crippen LogP contribution in [0.5, 0.6) is 5.75 Å². The lowest BCUT2D eigenvalue weighted by molar-refractivity contribution is 0.0800. The monoisotopic (exact) mass is 558 g/mol. The first-order valence-electron chi connectivity index (χ1n) is 12.9. The fraction of sp³-hybridized carbons (Fsp3) is 0.310. The van der Waals surface area contributed by atoms with Crippen LogP contribution in [0, 0.1) is 11.3 Å². The van der Waals surface area contributed by atoms with Gasteiger partial charge in [-0.05, 0) is 49.8 Å². The zero-order chi connectivity index (χ0) is 27.0. The van der Waals surface area contributed by atoms with E-state index in [4.69, 9.17) is 9.72 Å². The van der Waals surface area contributed by atoms with Gasteiger partial charge in [0.15, 0.2) is 0 Å². The van der Waals surface area contributed by atoms with Crippen molar-refractivity contribution in [2.75, 3.05) is 37.8 Å². The van der Waals surface area contributed by atoms with Crippen molar-refractivity contribution in [3.63, 3.8) is 0 Å². The maximum atomic E-state index is 9.94. The van der Waals surface area contributed by atoms with Crippen LogP contribution in [0.2, 0.25) is 0 Å². The quantitative estimate of drug-likeness (QED) is 0.184. The van der Waals surface area contributed by atoms with E-state index in [1.165, 1.54) is 0 Å². The third-order valence-electron chi connectivity index (χ3n) is 6.55. The van der Waals surface area contributed by atoms with E-state index in [-0.39, 0.29) is 6.10 Å². The van der Waals surface area contributed by atoms with E-state index in [1.807, 2.05) is 48.7 Å². The van der Waals surface area contributed by atoms with Gasteiger partial charge in [0.05, 0.1) is 33.1 Å². The number of thiophene rings is 1. The molecule has 4 aromatic rings. The van der Waals surface area contributed by atoms with Crippen LogP contribution in [0.15, 0.2) is 65.3 Å². The predicted octanol–water partition coefficient (Wildman–Crippen LogP) is 5.83. The highest BCUT2D eigenvalue weighted by molar-refractivity contribution is 8.00. The van der Waals surface area contributed by atoms with Crippen LogP contribution in [-0.2, 0) is 0 Å². The molecule has 3 aromatic heterocycles. The zero-order valence-electron chi connectivity index (χ0n) is 21.7. The highest BCUT2D eigenvalue weighted by atomic mass is 32.2. The maximum Gasteiger partial charge on any atom is 0.227 e. The summed E-state index contributed by atoms with van der Waals surface area (Å²) in [7, 11) is 0. The van der Waals surface area contributed by atoms with Crippen LogP contribution in [0.1, 0.15) is 24.8 Å². The first-order valence-corrected chi connectivity index (χ1v) is 14.9. The van der Waals surface area contributed by atoms with Gasteiger partial charge < -0.3 is 20.1 Å². The van der Waals surface area contributed by atoms with Crippen molar-refractivity contribution < 1.29 is 9.84 Å². The van der Waals surface area contributed by atoms with E-state index in [1.54, 1.807) is 41.7 Å². The molecule has 1 aromatic carbocycles. The Balaban J connectivity index is 1.28. The number of piperidine rings is 1. The van der Waals surface area contributed by atoms with Crippen molar-refractivity contribution in [1.29, 1.82) is 5.26 Å². The number of ether oxygens (including phenoxy) is 1. The molecule has 1 aliphatic rings. The van der Waals surface area contributed by atoms with Gasteiger partial charge in [-0.1, -0.05) is 12.1 Å². The number of thioether (sulfide) groups is 1. The minimum atomic E-state index is -0.145. The fourth-order valence-corrected chi connectivity index (χ4v) is 6.49. The summed E-state index contributed by atoms with van der Waals surface area (Å²) in [5.74, 6) is 1.25. The van der Waals surface area contributed by atoms with Gasteiger partial charge in [-0.3, -0.25) is 4.98 Å². The Morgan fingerprint density at radius 1 is 1.21 bits per heavy atom. The normalized spacial score (nSPS) is 14.2. The number of aliphatic hydroxyl groups is 1. The summed E-state index contributed by atoms with van der Waals surface area (Å²) in [4.78, 5) is 16.8. The number of rotatable bonds is 10. The first-order chi connectivity index (χ1) is 19.1. The molecule has 4 heterocycles. The Morgan fingerprint density at radius 2 is 2.08 bits per heavy atom. The van der Waals surface area contributed by atoms with Gasteiger partial charge in [0.25, 0.3) is 0 Å². The van der Waals surface area contributed by atoms with Gasteiger partial charge in [-0.25, -0.2) is 9.97 Å². The molecule has 0 spiro atoms. The van der Waals surface area contributed by atoms with E-state index in [2.05, 4.69) is 26.3 Å². The number of pyridine rings is 1. The molecule has 0 radical (unpaired) electrons. The van der Waals surface area contributed by atoms with E-state index in [9.17, 15) is 10.4 Å². The summed E-state index contributed by atoms with van der Waals surface area (Å²) < 4.78 is 6.95. The van der Waals surface area contributed by atoms with Gasteiger partial charge in [-0.15, -0.1) is 23.1 Å². The van der Waals surface area contributed by atoms with Crippen LogP contribution >= 0.6 is 23.1 Å². The van der Waals surface area contributed by atoms with Crippen LogP contribution in [0.4, 0.5) is 11.6 Å². The summed E-state index contributed by atoms with van der Waals surface area (Å²) in [5.41, 5.74) is 3.95. The lowest BCUT2D eigenvalue weighted by Gasteiger charge is -2.29. The maximum absolute atomic E-state index is 9.94. The van der Waals surface area contributed by atoms with E-state index in [0.29, 0.717) is 18.1 Å². The number of anilines is 2. The molecule has 0 atom stereocenters. The van der Waals surface area contributed by atoms with E-state index < -0.39 is 0 Å². The summed E-state index contributed by atoms with van der Waals surface area (Å²) >= 11 is 3.12. The highest BCUT2D eigenvalue weighted by Crippen LogP contribution is 2.45. The Hall–Kier alpha value is -3.49. The molecule has 39 heavy (non-hydrogen) atoms. The highest BCUT2D eigenvalue weighted by Gasteiger charge is 2.22. The lowest BCUT2D eigenvalue weighted by Crippen LogP contribution is -2.36. The van der Waals surface area contributed by atoms with Crippen molar-refractivity contribution in [2.45, 2.75) is 29.6 Å². The number of aliphatic hydroxyl groups excluding tert-OH is 1. The third kappa shape index (κ3) is 6.75.